The highest BCUT2D eigenvalue weighted by Gasteiger charge is 2.40. The fraction of sp³-hybridized carbons (Fsp3) is 0.632. The number of benzene rings is 1. The van der Waals surface area contributed by atoms with Crippen LogP contribution in [0.25, 0.3) is 0 Å². The number of hydrogen-bond acceptors (Lipinski definition) is 2. The van der Waals surface area contributed by atoms with Crippen molar-refractivity contribution in [1.82, 2.24) is 0 Å². The molecule has 0 bridgehead atoms. The van der Waals surface area contributed by atoms with E-state index in [-0.39, 0.29) is 17.8 Å². The second-order valence-electron chi connectivity index (χ2n) is 6.29. The van der Waals surface area contributed by atoms with Crippen LogP contribution in [0.2, 0.25) is 0 Å². The van der Waals surface area contributed by atoms with Crippen LogP contribution in [0.5, 0.6) is 0 Å². The van der Waals surface area contributed by atoms with Gasteiger partial charge in [-0.15, -0.1) is 0 Å². The van der Waals surface area contributed by atoms with Gasteiger partial charge in [-0.25, -0.2) is 8.78 Å². The molecule has 0 heterocycles. The molecule has 0 aromatic heterocycles. The van der Waals surface area contributed by atoms with Gasteiger partial charge in [0, 0.05) is 12.3 Å². The molecule has 1 aliphatic rings. The predicted octanol–water partition coefficient (Wildman–Crippen LogP) is 4.98. The van der Waals surface area contributed by atoms with Crippen LogP contribution in [0.4, 0.5) is 8.78 Å². The van der Waals surface area contributed by atoms with Crippen molar-refractivity contribution in [3.05, 3.63) is 35.9 Å². The summed E-state index contributed by atoms with van der Waals surface area (Å²) in [6, 6.07) is 9.39. The molecule has 4 heteroatoms. The summed E-state index contributed by atoms with van der Waals surface area (Å²) in [6.07, 6.45) is 0.992. The molecule has 2 nitrogen and oxygen atoms in total. The summed E-state index contributed by atoms with van der Waals surface area (Å²) >= 11 is 0. The van der Waals surface area contributed by atoms with Crippen LogP contribution >= 0.6 is 0 Å². The molecule has 0 amide bonds. The zero-order valence-corrected chi connectivity index (χ0v) is 13.7. The van der Waals surface area contributed by atoms with Crippen molar-refractivity contribution < 1.29 is 18.3 Å². The summed E-state index contributed by atoms with van der Waals surface area (Å²) in [5, 5.41) is 0. The Bertz CT molecular complexity index is 478. The first-order valence-corrected chi connectivity index (χ1v) is 8.62. The fourth-order valence-electron chi connectivity index (χ4n) is 3.46. The maximum atomic E-state index is 14.5. The molecular formula is C19H26F2O2. The van der Waals surface area contributed by atoms with Gasteiger partial charge in [0.05, 0.1) is 6.61 Å². The summed E-state index contributed by atoms with van der Waals surface area (Å²) in [5.41, 5.74) is 0.892. The van der Waals surface area contributed by atoms with Gasteiger partial charge in [-0.3, -0.25) is 4.79 Å². The van der Waals surface area contributed by atoms with Crippen molar-refractivity contribution >= 4 is 5.97 Å². The van der Waals surface area contributed by atoms with Gasteiger partial charge < -0.3 is 4.74 Å². The lowest BCUT2D eigenvalue weighted by molar-refractivity contribution is -0.143. The summed E-state index contributed by atoms with van der Waals surface area (Å²) in [5.74, 6) is -0.769. The topological polar surface area (TPSA) is 26.3 Å². The highest BCUT2D eigenvalue weighted by atomic mass is 19.2. The van der Waals surface area contributed by atoms with Crippen LogP contribution in [-0.4, -0.2) is 24.9 Å². The Hall–Kier alpha value is -1.45. The van der Waals surface area contributed by atoms with Crippen LogP contribution in [0.3, 0.4) is 0 Å². The molecule has 1 saturated carbocycles. The van der Waals surface area contributed by atoms with E-state index < -0.39 is 12.3 Å². The molecule has 128 valence electrons. The molecule has 1 aromatic carbocycles. The third kappa shape index (κ3) is 5.02. The van der Waals surface area contributed by atoms with E-state index in [1.165, 1.54) is 0 Å². The maximum absolute atomic E-state index is 14.5. The van der Waals surface area contributed by atoms with E-state index in [0.717, 1.165) is 12.0 Å². The second-order valence-corrected chi connectivity index (χ2v) is 6.29. The Morgan fingerprint density at radius 2 is 1.87 bits per heavy atom. The SMILES string of the molecule is CCOC(=O)CCCCC1CCC(c2ccccc2)C(F)C1F. The van der Waals surface area contributed by atoms with Crippen molar-refractivity contribution in [2.45, 2.75) is 63.7 Å². The van der Waals surface area contributed by atoms with Gasteiger partial charge in [-0.05, 0) is 44.1 Å². The molecule has 0 saturated heterocycles. The number of hydrogen-bond donors (Lipinski definition) is 0. The molecule has 4 unspecified atom stereocenters. The van der Waals surface area contributed by atoms with Gasteiger partial charge >= 0.3 is 5.97 Å². The minimum Gasteiger partial charge on any atom is -0.466 e. The number of carbonyl (C=O) groups is 1. The first-order valence-electron chi connectivity index (χ1n) is 8.62. The van der Waals surface area contributed by atoms with Crippen molar-refractivity contribution in [3.8, 4) is 0 Å². The van der Waals surface area contributed by atoms with Crippen molar-refractivity contribution in [1.29, 1.82) is 0 Å². The molecule has 0 aliphatic heterocycles. The van der Waals surface area contributed by atoms with E-state index in [1.807, 2.05) is 30.3 Å². The molecule has 23 heavy (non-hydrogen) atoms. The summed E-state index contributed by atoms with van der Waals surface area (Å²) < 4.78 is 33.7. The first kappa shape index (κ1) is 17.9. The van der Waals surface area contributed by atoms with Gasteiger partial charge in [-0.2, -0.15) is 0 Å². The van der Waals surface area contributed by atoms with Crippen molar-refractivity contribution in [3.63, 3.8) is 0 Å². The molecule has 0 N–H and O–H groups in total. The lowest BCUT2D eigenvalue weighted by atomic mass is 9.74. The Labute approximate surface area is 137 Å². The standard InChI is InChI=1S/C19H26F2O2/c1-2-23-17(22)11-7-6-10-15-12-13-16(19(21)18(15)20)14-8-4-3-5-9-14/h3-5,8-9,15-16,18-19H,2,6-7,10-13H2,1H3. The third-order valence-electron chi connectivity index (χ3n) is 4.73. The zero-order valence-electron chi connectivity index (χ0n) is 13.7. The first-order chi connectivity index (χ1) is 11.1. The van der Waals surface area contributed by atoms with E-state index in [2.05, 4.69) is 0 Å². The zero-order chi connectivity index (χ0) is 16.7. The van der Waals surface area contributed by atoms with E-state index in [4.69, 9.17) is 4.74 Å². The molecule has 0 radical (unpaired) electrons. The Morgan fingerprint density at radius 1 is 1.13 bits per heavy atom. The largest absolute Gasteiger partial charge is 0.466 e. The number of esters is 1. The van der Waals surface area contributed by atoms with Gasteiger partial charge in [-0.1, -0.05) is 36.8 Å². The Balaban J connectivity index is 1.78. The van der Waals surface area contributed by atoms with Crippen LogP contribution in [0.1, 0.15) is 56.9 Å². The number of ether oxygens (including phenoxy) is 1. The molecule has 2 rings (SSSR count). The highest BCUT2D eigenvalue weighted by Crippen LogP contribution is 2.41. The van der Waals surface area contributed by atoms with Gasteiger partial charge in [0.15, 0.2) is 0 Å². The summed E-state index contributed by atoms with van der Waals surface area (Å²) in [6.45, 7) is 2.16. The fourth-order valence-corrected chi connectivity index (χ4v) is 3.46. The van der Waals surface area contributed by atoms with Gasteiger partial charge in [0.1, 0.15) is 12.3 Å². The van der Waals surface area contributed by atoms with Gasteiger partial charge in [0.2, 0.25) is 0 Å². The number of unbranched alkanes of at least 4 members (excludes halogenated alkanes) is 1. The minimum absolute atomic E-state index is 0.208. The van der Waals surface area contributed by atoms with E-state index in [1.54, 1.807) is 6.92 Å². The normalized spacial score (nSPS) is 27.6. The molecular weight excluding hydrogens is 298 g/mol. The molecule has 4 atom stereocenters. The van der Waals surface area contributed by atoms with E-state index in [0.29, 0.717) is 38.7 Å². The average molecular weight is 324 g/mol. The van der Waals surface area contributed by atoms with E-state index >= 15 is 0 Å². The molecule has 1 aromatic rings. The lowest BCUT2D eigenvalue weighted by Gasteiger charge is -2.35. The van der Waals surface area contributed by atoms with Gasteiger partial charge in [0.25, 0.3) is 0 Å². The minimum atomic E-state index is -1.43. The Kier molecular flexibility index (Phi) is 7.00. The third-order valence-corrected chi connectivity index (χ3v) is 4.73. The van der Waals surface area contributed by atoms with Crippen LogP contribution in [-0.2, 0) is 9.53 Å². The number of rotatable bonds is 7. The monoisotopic (exact) mass is 324 g/mol. The van der Waals surface area contributed by atoms with Crippen LogP contribution in [0, 0.1) is 5.92 Å². The molecule has 0 spiro atoms. The number of carbonyl (C=O) groups excluding carboxylic acids is 1. The average Bonchev–Trinajstić information content (AvgIpc) is 2.56. The quantitative estimate of drug-likeness (QED) is 0.522. The Morgan fingerprint density at radius 3 is 2.57 bits per heavy atom. The maximum Gasteiger partial charge on any atom is 0.305 e. The predicted molar refractivity (Wildman–Crippen MR) is 86.8 cm³/mol. The van der Waals surface area contributed by atoms with Crippen molar-refractivity contribution in [2.75, 3.05) is 6.61 Å². The summed E-state index contributed by atoms with van der Waals surface area (Å²) in [4.78, 5) is 11.3. The highest BCUT2D eigenvalue weighted by molar-refractivity contribution is 5.69. The van der Waals surface area contributed by atoms with Crippen LogP contribution in [0.15, 0.2) is 30.3 Å². The number of alkyl halides is 2. The van der Waals surface area contributed by atoms with Crippen LogP contribution < -0.4 is 0 Å². The molecule has 1 fully saturated rings. The van der Waals surface area contributed by atoms with E-state index in [9.17, 15) is 13.6 Å². The number of halogens is 2. The second kappa shape index (κ2) is 8.99. The van der Waals surface area contributed by atoms with Crippen molar-refractivity contribution in [2.24, 2.45) is 5.92 Å². The smallest absolute Gasteiger partial charge is 0.305 e. The lowest BCUT2D eigenvalue weighted by Crippen LogP contribution is -2.36. The summed E-state index contributed by atoms with van der Waals surface area (Å²) in [7, 11) is 0. The molecule has 1 aliphatic carbocycles.